The normalized spacial score (nSPS) is 13.7. The molecule has 0 rings (SSSR count). The third-order valence-corrected chi connectivity index (χ3v) is 4.90. The largest absolute Gasteiger partial charge is 0.481 e. The third kappa shape index (κ3) is 15.5. The van der Waals surface area contributed by atoms with E-state index in [9.17, 15) is 29.1 Å². The smallest absolute Gasteiger partial charge is 0.326 e. The van der Waals surface area contributed by atoms with Gasteiger partial charge in [0.1, 0.15) is 18.1 Å². The molecule has 0 aliphatic rings. The van der Waals surface area contributed by atoms with Gasteiger partial charge in [0.15, 0.2) is 11.9 Å². The summed E-state index contributed by atoms with van der Waals surface area (Å²) in [5, 5.41) is 25.2. The fraction of sp³-hybridized carbons (Fsp3) is 0.650. The van der Waals surface area contributed by atoms with E-state index in [2.05, 4.69) is 25.9 Å². The number of hydrogen-bond acceptors (Lipinski definition) is 8. The number of carboxylic acids is 2. The van der Waals surface area contributed by atoms with Crippen molar-refractivity contribution in [3.63, 3.8) is 0 Å². The number of nitrogens with zero attached hydrogens (tertiary/aromatic N) is 2. The van der Waals surface area contributed by atoms with Crippen molar-refractivity contribution in [2.75, 3.05) is 13.1 Å². The van der Waals surface area contributed by atoms with Gasteiger partial charge in [0.25, 0.3) is 0 Å². The van der Waals surface area contributed by atoms with Crippen LogP contribution in [0.5, 0.6) is 0 Å². The van der Waals surface area contributed by atoms with Crippen LogP contribution in [0.25, 0.3) is 0 Å². The van der Waals surface area contributed by atoms with Crippen LogP contribution in [0.15, 0.2) is 9.98 Å². The van der Waals surface area contributed by atoms with E-state index in [-0.39, 0.29) is 50.7 Å². The quantitative estimate of drug-likeness (QED) is 0.0458. The average Bonchev–Trinajstić information content (AvgIpc) is 2.80. The van der Waals surface area contributed by atoms with Crippen LogP contribution in [0.4, 0.5) is 0 Å². The van der Waals surface area contributed by atoms with Crippen LogP contribution in [-0.4, -0.2) is 89.0 Å². The van der Waals surface area contributed by atoms with Crippen LogP contribution in [0.3, 0.4) is 0 Å². The minimum Gasteiger partial charge on any atom is -0.481 e. The monoisotopic (exact) mass is 530 g/mol. The van der Waals surface area contributed by atoms with Gasteiger partial charge in [0, 0.05) is 19.5 Å². The summed E-state index contributed by atoms with van der Waals surface area (Å²) in [5.41, 5.74) is 26.8. The van der Waals surface area contributed by atoms with Crippen molar-refractivity contribution < 1.29 is 34.2 Å². The molecule has 3 amide bonds. The molecular weight excluding hydrogens is 492 g/mol. The number of nitrogens with two attached hydrogens (primary N) is 5. The summed E-state index contributed by atoms with van der Waals surface area (Å²) in [4.78, 5) is 67.5. The Balaban J connectivity index is 5.19. The third-order valence-electron chi connectivity index (χ3n) is 4.90. The fourth-order valence-corrected chi connectivity index (χ4v) is 2.90. The first kappa shape index (κ1) is 32.9. The first-order valence-electron chi connectivity index (χ1n) is 11.5. The summed E-state index contributed by atoms with van der Waals surface area (Å²) in [6, 6.07) is -4.74. The molecule has 210 valence electrons. The van der Waals surface area contributed by atoms with Crippen LogP contribution in [0, 0.1) is 0 Å². The lowest BCUT2D eigenvalue weighted by Crippen LogP contribution is -2.56. The van der Waals surface area contributed by atoms with Crippen molar-refractivity contribution in [3.05, 3.63) is 0 Å². The lowest BCUT2D eigenvalue weighted by molar-refractivity contribution is -0.143. The molecule has 15 N–H and O–H groups in total. The van der Waals surface area contributed by atoms with Crippen LogP contribution < -0.4 is 44.6 Å². The van der Waals surface area contributed by atoms with Gasteiger partial charge in [-0.05, 0) is 39.0 Å². The minimum atomic E-state index is -1.49. The molecule has 0 fully saturated rings. The van der Waals surface area contributed by atoms with E-state index < -0.39 is 60.2 Å². The molecule has 17 heteroatoms. The van der Waals surface area contributed by atoms with Crippen molar-refractivity contribution in [2.24, 2.45) is 38.7 Å². The topological polar surface area (TPSA) is 317 Å². The van der Waals surface area contributed by atoms with Gasteiger partial charge in [-0.15, -0.1) is 0 Å². The zero-order valence-electron chi connectivity index (χ0n) is 20.7. The molecule has 0 aromatic rings. The zero-order chi connectivity index (χ0) is 28.5. The van der Waals surface area contributed by atoms with E-state index in [1.165, 1.54) is 6.92 Å². The number of rotatable bonds is 18. The second-order valence-electron chi connectivity index (χ2n) is 8.13. The Bertz CT molecular complexity index is 856. The molecular formula is C20H38N10O7. The van der Waals surface area contributed by atoms with Gasteiger partial charge in [0.2, 0.25) is 17.7 Å². The summed E-state index contributed by atoms with van der Waals surface area (Å²) in [6.07, 6.45) is 0.0825. The highest BCUT2D eigenvalue weighted by atomic mass is 16.4. The van der Waals surface area contributed by atoms with E-state index in [4.69, 9.17) is 33.8 Å². The zero-order valence-corrected chi connectivity index (χ0v) is 20.7. The molecule has 0 aromatic heterocycles. The highest BCUT2D eigenvalue weighted by molar-refractivity contribution is 5.94. The van der Waals surface area contributed by atoms with Gasteiger partial charge < -0.3 is 54.8 Å². The first-order valence-corrected chi connectivity index (χ1v) is 11.5. The lowest BCUT2D eigenvalue weighted by Gasteiger charge is -2.23. The highest BCUT2D eigenvalue weighted by Gasteiger charge is 2.28. The van der Waals surface area contributed by atoms with E-state index in [1.54, 1.807) is 0 Å². The van der Waals surface area contributed by atoms with Crippen molar-refractivity contribution in [1.82, 2.24) is 16.0 Å². The molecule has 0 aliphatic heterocycles. The number of amides is 3. The van der Waals surface area contributed by atoms with Gasteiger partial charge in [-0.1, -0.05) is 0 Å². The number of hydrogen-bond donors (Lipinski definition) is 10. The molecule has 4 atom stereocenters. The maximum Gasteiger partial charge on any atom is 0.326 e. The van der Waals surface area contributed by atoms with Crippen LogP contribution in [-0.2, 0) is 24.0 Å². The maximum absolute atomic E-state index is 12.8. The number of aliphatic carboxylic acids is 2. The maximum atomic E-state index is 12.8. The first-order chi connectivity index (χ1) is 17.2. The number of guanidine groups is 2. The summed E-state index contributed by atoms with van der Waals surface area (Å²) in [7, 11) is 0. The molecule has 0 aromatic carbocycles. The Morgan fingerprint density at radius 1 is 0.730 bits per heavy atom. The molecule has 17 nitrogen and oxygen atoms in total. The molecule has 0 saturated carbocycles. The summed E-state index contributed by atoms with van der Waals surface area (Å²) >= 11 is 0. The van der Waals surface area contributed by atoms with E-state index >= 15 is 0 Å². The Morgan fingerprint density at radius 2 is 1.24 bits per heavy atom. The SMILES string of the molecule is CC(NC(=O)C(N)CCCN=C(N)N)C(=O)NC(CCCN=C(N)N)C(=O)NC(CCC(=O)O)C(=O)O. The number of carboxylic acid groups (broad SMARTS) is 2. The fourth-order valence-electron chi connectivity index (χ4n) is 2.90. The Hall–Kier alpha value is -4.15. The summed E-state index contributed by atoms with van der Waals surface area (Å²) in [5.74, 6) is -5.13. The van der Waals surface area contributed by atoms with Gasteiger partial charge in [-0.3, -0.25) is 29.2 Å². The highest BCUT2D eigenvalue weighted by Crippen LogP contribution is 2.04. The Kier molecular flexibility index (Phi) is 15.4. The standard InChI is InChI=1S/C20H38N10O7/c1-10(28-16(34)11(21)4-2-8-26-19(22)23)15(33)29-12(5-3-9-27-20(24)25)17(35)30-13(18(36)37)6-7-14(31)32/h10-13H,2-9,21H2,1H3,(H,28,34)(H,29,33)(H,30,35)(H,31,32)(H,36,37)(H4,22,23,26)(H4,24,25,27). The summed E-state index contributed by atoms with van der Waals surface area (Å²) < 4.78 is 0. The molecule has 0 spiro atoms. The minimum absolute atomic E-state index is 0.0184. The molecule has 4 unspecified atom stereocenters. The van der Waals surface area contributed by atoms with E-state index in [0.29, 0.717) is 6.42 Å². The lowest BCUT2D eigenvalue weighted by atomic mass is 10.1. The Morgan fingerprint density at radius 3 is 1.73 bits per heavy atom. The number of aliphatic imine (C=N–C) groups is 2. The second-order valence-corrected chi connectivity index (χ2v) is 8.13. The van der Waals surface area contributed by atoms with Gasteiger partial charge in [-0.2, -0.15) is 0 Å². The van der Waals surface area contributed by atoms with Crippen LogP contribution >= 0.6 is 0 Å². The van der Waals surface area contributed by atoms with Crippen LogP contribution in [0.1, 0.15) is 45.4 Å². The van der Waals surface area contributed by atoms with E-state index in [0.717, 1.165) is 0 Å². The molecule has 0 heterocycles. The predicted molar refractivity (Wildman–Crippen MR) is 134 cm³/mol. The van der Waals surface area contributed by atoms with Crippen molar-refractivity contribution in [3.8, 4) is 0 Å². The molecule has 0 bridgehead atoms. The number of carbonyl (C=O) groups is 5. The molecule has 37 heavy (non-hydrogen) atoms. The van der Waals surface area contributed by atoms with Crippen molar-refractivity contribution in [1.29, 1.82) is 0 Å². The Labute approximate surface area is 213 Å². The second kappa shape index (κ2) is 17.3. The summed E-state index contributed by atoms with van der Waals surface area (Å²) in [6.45, 7) is 1.78. The molecule has 0 saturated heterocycles. The average molecular weight is 531 g/mol. The number of carbonyl (C=O) groups excluding carboxylic acids is 3. The van der Waals surface area contributed by atoms with Crippen molar-refractivity contribution in [2.45, 2.75) is 69.6 Å². The van der Waals surface area contributed by atoms with Gasteiger partial charge in [0.05, 0.1) is 6.04 Å². The van der Waals surface area contributed by atoms with E-state index in [1.807, 2.05) is 0 Å². The molecule has 0 radical (unpaired) electrons. The number of nitrogens with one attached hydrogen (secondary N) is 3. The van der Waals surface area contributed by atoms with Crippen LogP contribution in [0.2, 0.25) is 0 Å². The van der Waals surface area contributed by atoms with Gasteiger partial charge >= 0.3 is 11.9 Å². The van der Waals surface area contributed by atoms with Gasteiger partial charge in [-0.25, -0.2) is 4.79 Å². The van der Waals surface area contributed by atoms with Crippen molar-refractivity contribution >= 4 is 41.6 Å². The molecule has 0 aliphatic carbocycles. The predicted octanol–water partition coefficient (Wildman–Crippen LogP) is -4.16.